The lowest BCUT2D eigenvalue weighted by Gasteiger charge is -2.35. The molecule has 3 atom stereocenters. The van der Waals surface area contributed by atoms with Gasteiger partial charge in [0.15, 0.2) is 6.29 Å². The Bertz CT molecular complexity index is 1160. The summed E-state index contributed by atoms with van der Waals surface area (Å²) in [5, 5.41) is 24.1. The van der Waals surface area contributed by atoms with Crippen molar-refractivity contribution in [3.05, 3.63) is 52.5 Å². The Labute approximate surface area is 238 Å². The van der Waals surface area contributed by atoms with Gasteiger partial charge in [-0.15, -0.1) is 0 Å². The Kier molecular flexibility index (Phi) is 9.70. The maximum atomic E-state index is 14.3. The predicted molar refractivity (Wildman–Crippen MR) is 147 cm³/mol. The standard InChI is InChI=1S/C30H40F3N3O5/c1-39-26-16-20(35-28-23(26)6-4-12-34-28)5-2-3-14-40-21-10-13-36(17-21)27(29(37)38)24-15-19(31)7-8-22(24)25-9-11-30(32,33)18-41-25/h7-8,15-16,21,25,27,29,37-38H,2-6,9-14,17-18H2,1H3,(H,34,35)/t21-,25?,27+/m1/s1. The Balaban J connectivity index is 1.15. The van der Waals surface area contributed by atoms with E-state index in [0.717, 1.165) is 61.5 Å². The number of ether oxygens (including phenoxy) is 3. The molecule has 3 aliphatic rings. The molecule has 0 saturated carbocycles. The van der Waals surface area contributed by atoms with Gasteiger partial charge in [-0.1, -0.05) is 6.07 Å². The monoisotopic (exact) mass is 579 g/mol. The number of benzene rings is 1. The zero-order chi connectivity index (χ0) is 29.0. The summed E-state index contributed by atoms with van der Waals surface area (Å²) >= 11 is 0. The minimum atomic E-state index is -2.90. The van der Waals surface area contributed by atoms with Crippen molar-refractivity contribution in [2.75, 3.05) is 45.3 Å². The van der Waals surface area contributed by atoms with Crippen molar-refractivity contribution in [3.8, 4) is 5.75 Å². The van der Waals surface area contributed by atoms with E-state index in [9.17, 15) is 23.4 Å². The summed E-state index contributed by atoms with van der Waals surface area (Å²) in [6.45, 7) is 1.73. The fourth-order valence-corrected chi connectivity index (χ4v) is 6.18. The van der Waals surface area contributed by atoms with Crippen LogP contribution >= 0.6 is 0 Å². The molecule has 41 heavy (non-hydrogen) atoms. The third-order valence-corrected chi connectivity index (χ3v) is 8.27. The number of aromatic nitrogens is 1. The van der Waals surface area contributed by atoms with Gasteiger partial charge in [0.2, 0.25) is 0 Å². The number of anilines is 1. The van der Waals surface area contributed by atoms with Gasteiger partial charge in [0, 0.05) is 50.0 Å². The second kappa shape index (κ2) is 13.2. The Hall–Kier alpha value is -2.44. The van der Waals surface area contributed by atoms with Crippen LogP contribution in [0.25, 0.3) is 0 Å². The molecule has 5 rings (SSSR count). The highest BCUT2D eigenvalue weighted by Crippen LogP contribution is 2.40. The second-order valence-corrected chi connectivity index (χ2v) is 11.2. The smallest absolute Gasteiger partial charge is 0.271 e. The van der Waals surface area contributed by atoms with Crippen LogP contribution in [0, 0.1) is 5.82 Å². The number of fused-ring (bicyclic) bond motifs is 1. The third kappa shape index (κ3) is 7.32. The number of nitrogens with zero attached hydrogens (tertiary/aromatic N) is 2. The van der Waals surface area contributed by atoms with E-state index in [1.165, 1.54) is 18.2 Å². The van der Waals surface area contributed by atoms with Crippen LogP contribution in [0.3, 0.4) is 0 Å². The molecule has 4 heterocycles. The molecule has 1 aromatic carbocycles. The van der Waals surface area contributed by atoms with Crippen LogP contribution < -0.4 is 10.1 Å². The van der Waals surface area contributed by atoms with Gasteiger partial charge in [0.25, 0.3) is 5.92 Å². The lowest BCUT2D eigenvalue weighted by atomic mass is 9.91. The minimum Gasteiger partial charge on any atom is -0.496 e. The van der Waals surface area contributed by atoms with Crippen molar-refractivity contribution in [2.45, 2.75) is 81.8 Å². The molecule has 3 N–H and O–H groups in total. The second-order valence-electron chi connectivity index (χ2n) is 11.2. The number of alkyl halides is 2. The number of rotatable bonds is 11. The number of halogens is 3. The van der Waals surface area contributed by atoms with Crippen LogP contribution in [0.15, 0.2) is 24.3 Å². The van der Waals surface area contributed by atoms with Crippen molar-refractivity contribution < 1.29 is 37.6 Å². The van der Waals surface area contributed by atoms with Gasteiger partial charge in [0.05, 0.1) is 25.4 Å². The number of hydrogen-bond donors (Lipinski definition) is 3. The van der Waals surface area contributed by atoms with Crippen molar-refractivity contribution in [2.24, 2.45) is 0 Å². The average Bonchev–Trinajstić information content (AvgIpc) is 3.41. The summed E-state index contributed by atoms with van der Waals surface area (Å²) in [6.07, 6.45) is 2.43. The van der Waals surface area contributed by atoms with E-state index in [4.69, 9.17) is 19.2 Å². The Morgan fingerprint density at radius 1 is 1.22 bits per heavy atom. The molecule has 3 aliphatic heterocycles. The summed E-state index contributed by atoms with van der Waals surface area (Å²) in [5.74, 6) is -1.63. The van der Waals surface area contributed by atoms with E-state index in [1.54, 1.807) is 7.11 Å². The normalized spacial score (nSPS) is 23.3. The number of pyridine rings is 1. The largest absolute Gasteiger partial charge is 0.496 e. The van der Waals surface area contributed by atoms with Gasteiger partial charge in [0.1, 0.15) is 24.0 Å². The van der Waals surface area contributed by atoms with E-state index >= 15 is 0 Å². The maximum Gasteiger partial charge on any atom is 0.271 e. The van der Waals surface area contributed by atoms with E-state index in [0.29, 0.717) is 37.2 Å². The summed E-state index contributed by atoms with van der Waals surface area (Å²) in [5.41, 5.74) is 2.98. The van der Waals surface area contributed by atoms with Crippen molar-refractivity contribution in [3.63, 3.8) is 0 Å². The number of likely N-dealkylation sites (tertiary alicyclic amines) is 1. The zero-order valence-electron chi connectivity index (χ0n) is 23.5. The number of unbranched alkanes of at least 4 members (excludes halogenated alkanes) is 1. The lowest BCUT2D eigenvalue weighted by molar-refractivity contribution is -0.146. The topological polar surface area (TPSA) is 96.3 Å². The number of hydrogen-bond acceptors (Lipinski definition) is 8. The molecule has 0 radical (unpaired) electrons. The molecule has 2 aromatic rings. The van der Waals surface area contributed by atoms with Gasteiger partial charge >= 0.3 is 0 Å². The highest BCUT2D eigenvalue weighted by Gasteiger charge is 2.40. The molecular weight excluding hydrogens is 539 g/mol. The van der Waals surface area contributed by atoms with Gasteiger partial charge in [-0.2, -0.15) is 0 Å². The molecule has 2 fully saturated rings. The van der Waals surface area contributed by atoms with Crippen LogP contribution in [0.4, 0.5) is 19.0 Å². The number of aryl methyl sites for hydroxylation is 1. The number of methoxy groups -OCH3 is 1. The molecule has 0 aliphatic carbocycles. The van der Waals surface area contributed by atoms with Crippen molar-refractivity contribution >= 4 is 5.82 Å². The van der Waals surface area contributed by atoms with Crippen LogP contribution in [-0.4, -0.2) is 78.4 Å². The first-order valence-electron chi connectivity index (χ1n) is 14.6. The highest BCUT2D eigenvalue weighted by atomic mass is 19.3. The van der Waals surface area contributed by atoms with E-state index in [1.807, 2.05) is 11.0 Å². The average molecular weight is 580 g/mol. The summed E-state index contributed by atoms with van der Waals surface area (Å²) < 4.78 is 58.8. The predicted octanol–water partition coefficient (Wildman–Crippen LogP) is 4.54. The molecule has 0 spiro atoms. The molecule has 1 aromatic heterocycles. The SMILES string of the molecule is COc1cc(CCCCO[C@@H]2CCN([C@@H](c3cc(F)ccc3C3CCC(F)(F)CO3)C(O)O)C2)nc2c1CCCN2. The Morgan fingerprint density at radius 2 is 2.07 bits per heavy atom. The Morgan fingerprint density at radius 3 is 2.83 bits per heavy atom. The van der Waals surface area contributed by atoms with E-state index in [-0.39, 0.29) is 18.9 Å². The zero-order valence-corrected chi connectivity index (χ0v) is 23.5. The van der Waals surface area contributed by atoms with E-state index in [2.05, 4.69) is 5.32 Å². The summed E-state index contributed by atoms with van der Waals surface area (Å²) in [7, 11) is 1.69. The van der Waals surface area contributed by atoms with Crippen LogP contribution in [-0.2, 0) is 22.3 Å². The van der Waals surface area contributed by atoms with Crippen LogP contribution in [0.1, 0.15) is 73.1 Å². The summed E-state index contributed by atoms with van der Waals surface area (Å²) in [4.78, 5) is 6.63. The number of aliphatic hydroxyl groups is 2. The van der Waals surface area contributed by atoms with Gasteiger partial charge < -0.3 is 29.7 Å². The first-order valence-corrected chi connectivity index (χ1v) is 14.6. The molecule has 226 valence electrons. The highest BCUT2D eigenvalue weighted by molar-refractivity contribution is 5.54. The third-order valence-electron chi connectivity index (χ3n) is 8.27. The maximum absolute atomic E-state index is 14.3. The van der Waals surface area contributed by atoms with Crippen molar-refractivity contribution in [1.82, 2.24) is 9.88 Å². The fraction of sp³-hybridized carbons (Fsp3) is 0.633. The molecular formula is C30H40F3N3O5. The first-order chi connectivity index (χ1) is 19.7. The molecule has 1 unspecified atom stereocenters. The van der Waals surface area contributed by atoms with Gasteiger partial charge in [-0.05, 0) is 68.2 Å². The quantitative estimate of drug-likeness (QED) is 0.264. The number of aliphatic hydroxyl groups excluding tert-OH is 1. The lowest BCUT2D eigenvalue weighted by Crippen LogP contribution is -2.37. The molecule has 0 bridgehead atoms. The van der Waals surface area contributed by atoms with Gasteiger partial charge in [-0.3, -0.25) is 4.90 Å². The first kappa shape index (κ1) is 30.0. The van der Waals surface area contributed by atoms with Crippen molar-refractivity contribution in [1.29, 1.82) is 0 Å². The van der Waals surface area contributed by atoms with Gasteiger partial charge in [-0.25, -0.2) is 18.2 Å². The molecule has 8 nitrogen and oxygen atoms in total. The number of nitrogens with one attached hydrogen (secondary N) is 1. The molecule has 11 heteroatoms. The van der Waals surface area contributed by atoms with Crippen LogP contribution in [0.5, 0.6) is 5.75 Å². The molecule has 0 amide bonds. The fourth-order valence-electron chi connectivity index (χ4n) is 6.18. The van der Waals surface area contributed by atoms with Crippen LogP contribution in [0.2, 0.25) is 0 Å². The minimum absolute atomic E-state index is 0.0654. The molecule has 2 saturated heterocycles. The van der Waals surface area contributed by atoms with E-state index < -0.39 is 36.8 Å². The summed E-state index contributed by atoms with van der Waals surface area (Å²) in [6, 6.07) is 5.09.